The molecule has 1 aromatic carbocycles. The Kier molecular flexibility index (Phi) is 5.23. The quantitative estimate of drug-likeness (QED) is 0.871. The van der Waals surface area contributed by atoms with Gasteiger partial charge >= 0.3 is 6.09 Å². The molecule has 2 unspecified atom stereocenters. The van der Waals surface area contributed by atoms with Crippen molar-refractivity contribution in [3.63, 3.8) is 0 Å². The lowest BCUT2D eigenvalue weighted by Crippen LogP contribution is -2.36. The first-order valence-corrected chi connectivity index (χ1v) is 8.43. The van der Waals surface area contributed by atoms with E-state index in [2.05, 4.69) is 38.2 Å². The SMILES string of the molecule is CC(C)C(C)c1ccc2c(c1)C(NC(=O)OC(C)(C)C)CCO2. The van der Waals surface area contributed by atoms with Crippen LogP contribution in [0.15, 0.2) is 18.2 Å². The van der Waals surface area contributed by atoms with Crippen molar-refractivity contribution in [2.24, 2.45) is 5.92 Å². The maximum Gasteiger partial charge on any atom is 0.408 e. The molecule has 2 atom stereocenters. The molecule has 2 rings (SSSR count). The van der Waals surface area contributed by atoms with Gasteiger partial charge in [-0.05, 0) is 50.3 Å². The number of amides is 1. The Bertz CT molecular complexity index is 560. The van der Waals surface area contributed by atoms with Crippen molar-refractivity contribution in [1.82, 2.24) is 5.32 Å². The van der Waals surface area contributed by atoms with Crippen molar-refractivity contribution >= 4 is 6.09 Å². The van der Waals surface area contributed by atoms with Gasteiger partial charge in [0, 0.05) is 12.0 Å². The van der Waals surface area contributed by atoms with Crippen LogP contribution >= 0.6 is 0 Å². The van der Waals surface area contributed by atoms with Crippen molar-refractivity contribution in [2.45, 2.75) is 65.5 Å². The third-order valence-corrected chi connectivity index (χ3v) is 4.29. The molecule has 1 amide bonds. The second-order valence-corrected chi connectivity index (χ2v) is 7.67. The van der Waals surface area contributed by atoms with Crippen LogP contribution in [-0.2, 0) is 4.74 Å². The van der Waals surface area contributed by atoms with Crippen molar-refractivity contribution < 1.29 is 14.3 Å². The number of fused-ring (bicyclic) bond motifs is 1. The lowest BCUT2D eigenvalue weighted by atomic mass is 9.87. The molecule has 128 valence electrons. The topological polar surface area (TPSA) is 47.6 Å². The maximum atomic E-state index is 12.1. The summed E-state index contributed by atoms with van der Waals surface area (Å²) in [7, 11) is 0. The molecule has 1 aromatic rings. The van der Waals surface area contributed by atoms with E-state index in [9.17, 15) is 4.79 Å². The smallest absolute Gasteiger partial charge is 0.408 e. The van der Waals surface area contributed by atoms with Crippen molar-refractivity contribution in [2.75, 3.05) is 6.61 Å². The molecular formula is C19H29NO3. The average molecular weight is 319 g/mol. The van der Waals surface area contributed by atoms with Crippen molar-refractivity contribution in [3.8, 4) is 5.75 Å². The number of ether oxygens (including phenoxy) is 2. The maximum absolute atomic E-state index is 12.1. The van der Waals surface area contributed by atoms with Crippen LogP contribution in [0.2, 0.25) is 0 Å². The molecule has 1 heterocycles. The molecule has 1 aliphatic rings. The zero-order valence-electron chi connectivity index (χ0n) is 15.1. The van der Waals surface area contributed by atoms with Crippen LogP contribution in [0.25, 0.3) is 0 Å². The van der Waals surface area contributed by atoms with Gasteiger partial charge in [-0.25, -0.2) is 4.79 Å². The molecule has 0 bridgehead atoms. The molecule has 0 radical (unpaired) electrons. The lowest BCUT2D eigenvalue weighted by molar-refractivity contribution is 0.0491. The molecule has 0 aromatic heterocycles. The van der Waals surface area contributed by atoms with Gasteiger partial charge in [0.05, 0.1) is 12.6 Å². The Morgan fingerprint density at radius 3 is 2.61 bits per heavy atom. The highest BCUT2D eigenvalue weighted by Crippen LogP contribution is 2.36. The first kappa shape index (κ1) is 17.6. The van der Waals surface area contributed by atoms with E-state index in [4.69, 9.17) is 9.47 Å². The Morgan fingerprint density at radius 2 is 2.00 bits per heavy atom. The summed E-state index contributed by atoms with van der Waals surface area (Å²) in [6.45, 7) is 12.9. The normalized spacial score (nSPS) is 18.8. The fraction of sp³-hybridized carbons (Fsp3) is 0.632. The molecule has 0 spiro atoms. The summed E-state index contributed by atoms with van der Waals surface area (Å²) in [5.74, 6) is 1.89. The van der Waals surface area contributed by atoms with Crippen LogP contribution in [0.3, 0.4) is 0 Å². The van der Waals surface area contributed by atoms with Gasteiger partial charge in [-0.3, -0.25) is 0 Å². The number of carbonyl (C=O) groups excluding carboxylic acids is 1. The average Bonchev–Trinajstić information content (AvgIpc) is 2.44. The van der Waals surface area contributed by atoms with E-state index in [-0.39, 0.29) is 12.1 Å². The van der Waals surface area contributed by atoms with Crippen LogP contribution in [0.1, 0.15) is 71.0 Å². The van der Waals surface area contributed by atoms with Gasteiger partial charge in [-0.2, -0.15) is 0 Å². The summed E-state index contributed by atoms with van der Waals surface area (Å²) in [6.07, 6.45) is 0.379. The van der Waals surface area contributed by atoms with Crippen LogP contribution in [0, 0.1) is 5.92 Å². The predicted octanol–water partition coefficient (Wildman–Crippen LogP) is 4.79. The molecule has 1 N–H and O–H groups in total. The second kappa shape index (κ2) is 6.81. The number of rotatable bonds is 3. The molecule has 0 fully saturated rings. The van der Waals surface area contributed by atoms with Gasteiger partial charge in [0.15, 0.2) is 0 Å². The van der Waals surface area contributed by atoms with Crippen LogP contribution < -0.4 is 10.1 Å². The molecule has 0 aliphatic carbocycles. The summed E-state index contributed by atoms with van der Waals surface area (Å²) in [5, 5.41) is 2.99. The highest BCUT2D eigenvalue weighted by Gasteiger charge is 2.26. The Morgan fingerprint density at radius 1 is 1.30 bits per heavy atom. The van der Waals surface area contributed by atoms with E-state index in [1.807, 2.05) is 26.8 Å². The number of carbonyl (C=O) groups is 1. The summed E-state index contributed by atoms with van der Waals surface area (Å²) in [4.78, 5) is 12.1. The van der Waals surface area contributed by atoms with Crippen LogP contribution in [0.4, 0.5) is 4.79 Å². The standard InChI is InChI=1S/C19H29NO3/c1-12(2)13(3)14-7-8-17-15(11-14)16(9-10-22-17)20-18(21)23-19(4,5)6/h7-8,11-13,16H,9-10H2,1-6H3,(H,20,21). The van der Waals surface area contributed by atoms with E-state index in [1.54, 1.807) is 0 Å². The first-order valence-electron chi connectivity index (χ1n) is 8.43. The molecular weight excluding hydrogens is 290 g/mol. The van der Waals surface area contributed by atoms with E-state index in [1.165, 1.54) is 5.56 Å². The Balaban J connectivity index is 2.20. The molecule has 23 heavy (non-hydrogen) atoms. The number of alkyl carbamates (subject to hydrolysis) is 1. The zero-order valence-corrected chi connectivity index (χ0v) is 15.1. The molecule has 0 saturated heterocycles. The fourth-order valence-corrected chi connectivity index (χ4v) is 2.68. The number of nitrogens with one attached hydrogen (secondary N) is 1. The Labute approximate surface area is 139 Å². The van der Waals surface area contributed by atoms with E-state index < -0.39 is 5.60 Å². The van der Waals surface area contributed by atoms with E-state index in [0.717, 1.165) is 17.7 Å². The fourth-order valence-electron chi connectivity index (χ4n) is 2.68. The van der Waals surface area contributed by atoms with Gasteiger partial charge in [0.1, 0.15) is 11.4 Å². The van der Waals surface area contributed by atoms with Gasteiger partial charge in [-0.15, -0.1) is 0 Å². The van der Waals surface area contributed by atoms with Crippen LogP contribution in [-0.4, -0.2) is 18.3 Å². The van der Waals surface area contributed by atoms with Crippen LogP contribution in [0.5, 0.6) is 5.75 Å². The summed E-state index contributed by atoms with van der Waals surface area (Å²) in [6, 6.07) is 6.25. The van der Waals surface area contributed by atoms with Gasteiger partial charge in [-0.1, -0.05) is 26.8 Å². The van der Waals surface area contributed by atoms with Gasteiger partial charge in [0.2, 0.25) is 0 Å². The largest absolute Gasteiger partial charge is 0.493 e. The minimum atomic E-state index is -0.494. The van der Waals surface area contributed by atoms with Gasteiger partial charge < -0.3 is 14.8 Å². The molecule has 4 nitrogen and oxygen atoms in total. The van der Waals surface area contributed by atoms with Crippen molar-refractivity contribution in [3.05, 3.63) is 29.3 Å². The third-order valence-electron chi connectivity index (χ3n) is 4.29. The molecule has 1 aliphatic heterocycles. The first-order chi connectivity index (χ1) is 10.7. The summed E-state index contributed by atoms with van der Waals surface area (Å²) >= 11 is 0. The number of hydrogen-bond acceptors (Lipinski definition) is 3. The third kappa shape index (κ3) is 4.63. The zero-order chi connectivity index (χ0) is 17.2. The van der Waals surface area contributed by atoms with Gasteiger partial charge in [0.25, 0.3) is 0 Å². The monoisotopic (exact) mass is 319 g/mol. The highest BCUT2D eigenvalue weighted by atomic mass is 16.6. The van der Waals surface area contributed by atoms with E-state index in [0.29, 0.717) is 18.4 Å². The van der Waals surface area contributed by atoms with Crippen molar-refractivity contribution in [1.29, 1.82) is 0 Å². The number of benzene rings is 1. The highest BCUT2D eigenvalue weighted by molar-refractivity contribution is 5.68. The Hall–Kier alpha value is -1.71. The second-order valence-electron chi connectivity index (χ2n) is 7.67. The summed E-state index contributed by atoms with van der Waals surface area (Å²) in [5.41, 5.74) is 1.83. The lowest BCUT2D eigenvalue weighted by Gasteiger charge is -2.29. The molecule has 0 saturated carbocycles. The number of hydrogen-bond donors (Lipinski definition) is 1. The predicted molar refractivity (Wildman–Crippen MR) is 91.9 cm³/mol. The molecule has 4 heteroatoms. The minimum Gasteiger partial charge on any atom is -0.493 e. The van der Waals surface area contributed by atoms with E-state index >= 15 is 0 Å². The minimum absolute atomic E-state index is 0.0621. The summed E-state index contributed by atoms with van der Waals surface area (Å²) < 4.78 is 11.1.